The van der Waals surface area contributed by atoms with Crippen molar-refractivity contribution in [2.75, 3.05) is 27.5 Å². The Morgan fingerprint density at radius 2 is 1.23 bits per heavy atom. The van der Waals surface area contributed by atoms with E-state index in [1.54, 1.807) is 13.2 Å². The fourth-order valence-electron chi connectivity index (χ4n) is 0.818. The van der Waals surface area contributed by atoms with E-state index in [0.29, 0.717) is 6.26 Å². The Bertz CT molecular complexity index is 684. The van der Waals surface area contributed by atoms with Gasteiger partial charge in [-0.3, -0.25) is 9.35 Å². The van der Waals surface area contributed by atoms with E-state index in [1.807, 2.05) is 39.0 Å². The summed E-state index contributed by atoms with van der Waals surface area (Å²) in [7, 11) is -0.528. The van der Waals surface area contributed by atoms with E-state index >= 15 is 0 Å². The van der Waals surface area contributed by atoms with E-state index in [-0.39, 0.29) is 21.3 Å². The van der Waals surface area contributed by atoms with Crippen LogP contribution in [0.25, 0.3) is 0 Å². The van der Waals surface area contributed by atoms with Crippen LogP contribution in [0.1, 0.15) is 74.8 Å². The quantitative estimate of drug-likeness (QED) is 0.104. The fraction of sp³-hybridized carbons (Fsp3) is 0.655. The van der Waals surface area contributed by atoms with Gasteiger partial charge in [0.05, 0.1) is 6.26 Å². The van der Waals surface area contributed by atoms with Gasteiger partial charge in [-0.2, -0.15) is 21.6 Å². The Labute approximate surface area is 264 Å². The van der Waals surface area contributed by atoms with Crippen molar-refractivity contribution in [3.05, 3.63) is 48.6 Å². The molecule has 0 aliphatic rings. The molecule has 14 heteroatoms. The minimum absolute atomic E-state index is 0. The number of nitrogens with two attached hydrogens (primary N) is 1. The van der Waals surface area contributed by atoms with Gasteiger partial charge in [-0.15, -0.1) is 6.58 Å². The average molecular weight is 676 g/mol. The average Bonchev–Trinajstić information content (AvgIpc) is 2.83. The number of alkyl halides is 3. The monoisotopic (exact) mass is 675 g/mol. The lowest BCUT2D eigenvalue weighted by Gasteiger charge is -2.10. The van der Waals surface area contributed by atoms with Crippen LogP contribution in [0.3, 0.4) is 0 Å². The Morgan fingerprint density at radius 1 is 1.05 bits per heavy atom. The molecule has 0 aliphatic heterocycles. The van der Waals surface area contributed by atoms with Crippen molar-refractivity contribution in [3.8, 4) is 0 Å². The van der Waals surface area contributed by atoms with E-state index in [4.69, 9.17) is 28.8 Å². The molecule has 9 nitrogen and oxygen atoms in total. The molecule has 43 heavy (non-hydrogen) atoms. The predicted octanol–water partition coefficient (Wildman–Crippen LogP) is 8.29. The molecule has 0 radical (unpaired) electrons. The summed E-state index contributed by atoms with van der Waals surface area (Å²) in [6, 6.07) is 10.3. The Morgan fingerprint density at radius 3 is 1.28 bits per heavy atom. The summed E-state index contributed by atoms with van der Waals surface area (Å²) < 4.78 is 64.1. The molecule has 0 aromatic heterocycles. The van der Waals surface area contributed by atoms with Gasteiger partial charge in [0, 0.05) is 27.6 Å². The molecule has 0 atom stereocenters. The number of carbonyl (C=O) groups excluding carboxylic acids is 1. The van der Waals surface area contributed by atoms with Gasteiger partial charge < -0.3 is 25.2 Å². The molecule has 1 rings (SSSR count). The van der Waals surface area contributed by atoms with Gasteiger partial charge in [0.1, 0.15) is 6.29 Å². The molecule has 0 amide bonds. The summed E-state index contributed by atoms with van der Waals surface area (Å²) in [5.41, 5.74) is 5.82. The zero-order valence-electron chi connectivity index (χ0n) is 27.7. The third kappa shape index (κ3) is 344. The van der Waals surface area contributed by atoms with Crippen LogP contribution in [0.15, 0.2) is 43.0 Å². The summed E-state index contributed by atoms with van der Waals surface area (Å²) >= 11 is 0. The minimum atomic E-state index is -3.95. The Kier molecular flexibility index (Phi) is 100. The van der Waals surface area contributed by atoms with Gasteiger partial charge in [0.25, 0.3) is 16.1 Å². The summed E-state index contributed by atoms with van der Waals surface area (Å²) in [4.78, 5) is 17.8. The largest absolute Gasteiger partial charge is 0.481 e. The number of hydrogen-bond donors (Lipinski definition) is 4. The van der Waals surface area contributed by atoms with Crippen molar-refractivity contribution in [2.45, 2.75) is 102 Å². The van der Waals surface area contributed by atoms with Crippen LogP contribution in [0.5, 0.6) is 0 Å². The second-order valence-corrected chi connectivity index (χ2v) is 13.3. The molecular weight excluding hydrogens is 607 g/mol. The maximum Gasteiger partial charge on any atom is 0.389 e. The number of halogens is 3. The van der Waals surface area contributed by atoms with Gasteiger partial charge in [-0.1, -0.05) is 77.6 Å². The first kappa shape index (κ1) is 72.8. The first-order chi connectivity index (χ1) is 18.6. The normalized spacial score (nSPS) is 8.00. The number of benzene rings is 1. The van der Waals surface area contributed by atoms with E-state index in [9.17, 15) is 21.6 Å². The van der Waals surface area contributed by atoms with Crippen molar-refractivity contribution in [2.24, 2.45) is 5.73 Å². The lowest BCUT2D eigenvalue weighted by Crippen LogP contribution is -2.22. The van der Waals surface area contributed by atoms with E-state index < -0.39 is 37.0 Å². The molecule has 5 N–H and O–H groups in total. The van der Waals surface area contributed by atoms with Crippen molar-refractivity contribution in [1.29, 1.82) is 0 Å². The molecule has 0 unspecified atom stereocenters. The number of rotatable bonds is 2. The highest BCUT2D eigenvalue weighted by Crippen LogP contribution is 2.20. The zero-order valence-corrected chi connectivity index (χ0v) is 29.5. The van der Waals surface area contributed by atoms with Gasteiger partial charge in [-0.25, -0.2) is 0 Å². The topological polar surface area (TPSA) is 164 Å². The van der Waals surface area contributed by atoms with E-state index in [2.05, 4.69) is 51.0 Å². The van der Waals surface area contributed by atoms with Crippen molar-refractivity contribution < 1.29 is 50.4 Å². The van der Waals surface area contributed by atoms with Crippen LogP contribution < -0.4 is 5.73 Å². The second-order valence-electron chi connectivity index (χ2n) is 7.23. The number of aliphatic carboxylic acids is 1. The maximum absolute atomic E-state index is 11.1. The number of aliphatic hydroxyl groups excluding tert-OH is 1. The molecule has 0 aliphatic carbocycles. The fourth-order valence-corrected chi connectivity index (χ4v) is 0.818. The number of aldehydes is 1. The molecule has 1 aromatic rings. The summed E-state index contributed by atoms with van der Waals surface area (Å²) in [6.07, 6.45) is -1.21. The standard InChI is InChI=1S/C7H8.C4H7F3.C4H12OSi.C3H6.C2H4O2.C2H4O.C2H6.CH5N.CH4O3S.CH4O.2CH4/c1-7-5-3-2-4-6-7;1-2-3-4(5,6)7;1-5-6(2,3)4;1-3-2;1-2(3)4;1-2-3;2*1-2;1-5(2,3)4;1-2;;/h2-6H,1H3;2-3H2,1H3;1-4H3;3H,1H2,2H3;1H3,(H,3,4);2H,1H3;1-2H3;2H2,1H3;1H3,(H,2,3,4);2H,1H3;2*1H4. The number of allylic oxidation sites excluding steroid dienone is 1. The highest BCUT2D eigenvalue weighted by atomic mass is 32.2. The lowest BCUT2D eigenvalue weighted by molar-refractivity contribution is -0.135. The molecule has 0 saturated heterocycles. The Hall–Kier alpha value is -2.10. The molecule has 0 bridgehead atoms. The van der Waals surface area contributed by atoms with Gasteiger partial charge >= 0.3 is 6.18 Å². The molecule has 0 spiro atoms. The third-order valence-corrected chi connectivity index (χ3v) is 3.31. The highest BCUT2D eigenvalue weighted by molar-refractivity contribution is 7.85. The SMILES string of the molecule is C.C.C=CC.CC.CC(=O)O.CC=O.CCCC(F)(F)F.CN.CO.CO[Si](C)(C)C.CS(=O)(=O)O.Cc1ccccc1. The number of aliphatic hydroxyl groups is 1. The van der Waals surface area contributed by atoms with Crippen molar-refractivity contribution in [3.63, 3.8) is 0 Å². The van der Waals surface area contributed by atoms with Crippen LogP contribution in [-0.4, -0.2) is 77.5 Å². The number of carboxylic acid groups (broad SMARTS) is 1. The van der Waals surface area contributed by atoms with Crippen LogP contribution in [-0.2, 0) is 24.1 Å². The number of hydrogen-bond acceptors (Lipinski definition) is 7. The van der Waals surface area contributed by atoms with Crippen LogP contribution in [0.2, 0.25) is 19.6 Å². The molecule has 0 heterocycles. The first-order valence-electron chi connectivity index (χ1n) is 12.3. The summed E-state index contributed by atoms with van der Waals surface area (Å²) in [6.45, 7) is 21.8. The van der Waals surface area contributed by atoms with Gasteiger partial charge in [0.15, 0.2) is 8.32 Å². The number of carboxylic acids is 1. The molecule has 0 fully saturated rings. The maximum atomic E-state index is 11.1. The van der Waals surface area contributed by atoms with Gasteiger partial charge in [0.2, 0.25) is 0 Å². The summed E-state index contributed by atoms with van der Waals surface area (Å²) in [5, 5.41) is 14.4. The van der Waals surface area contributed by atoms with Crippen LogP contribution in [0.4, 0.5) is 13.2 Å². The third-order valence-electron chi connectivity index (χ3n) is 2.09. The van der Waals surface area contributed by atoms with E-state index in [0.717, 1.165) is 20.3 Å². The smallest absolute Gasteiger partial charge is 0.389 e. The number of carbonyl (C=O) groups is 2. The molecule has 268 valence electrons. The highest BCUT2D eigenvalue weighted by Gasteiger charge is 2.24. The van der Waals surface area contributed by atoms with Crippen molar-refractivity contribution in [1.82, 2.24) is 0 Å². The molecule has 1 aromatic carbocycles. The molecule has 0 saturated carbocycles. The van der Waals surface area contributed by atoms with E-state index in [1.165, 1.54) is 26.5 Å². The zero-order chi connectivity index (χ0) is 35.7. The second kappa shape index (κ2) is 59.3. The molecular formula is C29H68F3NO8SSi. The first-order valence-corrected chi connectivity index (χ1v) is 17.6. The minimum Gasteiger partial charge on any atom is -0.481 e. The lowest BCUT2D eigenvalue weighted by atomic mass is 10.2. The van der Waals surface area contributed by atoms with Crippen molar-refractivity contribution >= 4 is 30.7 Å². The Balaban J connectivity index is -0.0000000303. The summed E-state index contributed by atoms with van der Waals surface area (Å²) in [5.74, 6) is -0.833. The van der Waals surface area contributed by atoms with Crippen LogP contribution in [0, 0.1) is 6.92 Å². The predicted molar refractivity (Wildman–Crippen MR) is 184 cm³/mol. The van der Waals surface area contributed by atoms with Crippen LogP contribution >= 0.6 is 0 Å². The van der Waals surface area contributed by atoms with Gasteiger partial charge in [-0.05, 0) is 53.9 Å². The number of aryl methyl sites for hydroxylation is 1.